The van der Waals surface area contributed by atoms with Crippen molar-refractivity contribution in [2.75, 3.05) is 5.73 Å². The lowest BCUT2D eigenvalue weighted by Crippen LogP contribution is -2.00. The molecule has 0 amide bonds. The molecule has 0 unspecified atom stereocenters. The molecule has 0 fully saturated rings. The van der Waals surface area contributed by atoms with E-state index >= 15 is 0 Å². The molecule has 3 nitrogen and oxygen atoms in total. The molecule has 0 atom stereocenters. The zero-order valence-electron chi connectivity index (χ0n) is 5.97. The fraction of sp³-hybridized carbons (Fsp3) is 0.143. The van der Waals surface area contributed by atoms with Gasteiger partial charge in [-0.05, 0) is 12.1 Å². The third-order valence-electron chi connectivity index (χ3n) is 1.23. The first kappa shape index (κ1) is 8.01. The van der Waals surface area contributed by atoms with Crippen molar-refractivity contribution in [3.63, 3.8) is 0 Å². The largest absolute Gasteiger partial charge is 0.382 e. The maximum atomic E-state index is 10.7. The molecule has 0 saturated heterocycles. The van der Waals surface area contributed by atoms with E-state index in [9.17, 15) is 4.79 Å². The molecule has 0 radical (unpaired) electrons. The number of ketones is 1. The number of hydrogen-bond donors (Lipinski definition) is 1. The Labute approximate surface area is 69.2 Å². The van der Waals surface area contributed by atoms with Crippen molar-refractivity contribution >= 4 is 23.2 Å². The zero-order chi connectivity index (χ0) is 8.43. The molecule has 1 aromatic rings. The number of pyridine rings is 1. The first-order chi connectivity index (χ1) is 5.11. The van der Waals surface area contributed by atoms with E-state index in [1.165, 1.54) is 6.92 Å². The second kappa shape index (κ2) is 2.88. The SMILES string of the molecule is CC(=O)c1ccc(Cl)c(N)n1. The van der Waals surface area contributed by atoms with Crippen LogP contribution >= 0.6 is 11.6 Å². The number of carbonyl (C=O) groups is 1. The Morgan fingerprint density at radius 2 is 2.27 bits per heavy atom. The van der Waals surface area contributed by atoms with E-state index in [2.05, 4.69) is 4.98 Å². The van der Waals surface area contributed by atoms with Crippen LogP contribution in [-0.4, -0.2) is 10.8 Å². The summed E-state index contributed by atoms with van der Waals surface area (Å²) in [5.41, 5.74) is 5.70. The van der Waals surface area contributed by atoms with Crippen molar-refractivity contribution in [3.8, 4) is 0 Å². The van der Waals surface area contributed by atoms with E-state index in [1.807, 2.05) is 0 Å². The summed E-state index contributed by atoms with van der Waals surface area (Å²) in [6, 6.07) is 3.10. The van der Waals surface area contributed by atoms with Crippen molar-refractivity contribution in [2.45, 2.75) is 6.92 Å². The molecule has 0 saturated carbocycles. The molecule has 0 aliphatic carbocycles. The fourth-order valence-corrected chi connectivity index (χ4v) is 0.759. The van der Waals surface area contributed by atoms with Gasteiger partial charge in [-0.25, -0.2) is 4.98 Å². The van der Waals surface area contributed by atoms with E-state index < -0.39 is 0 Å². The molecule has 11 heavy (non-hydrogen) atoms. The summed E-state index contributed by atoms with van der Waals surface area (Å²) in [4.78, 5) is 14.5. The number of rotatable bonds is 1. The molecule has 1 heterocycles. The molecule has 0 aliphatic rings. The molecule has 4 heteroatoms. The van der Waals surface area contributed by atoms with Crippen molar-refractivity contribution in [1.82, 2.24) is 4.98 Å². The number of anilines is 1. The second-order valence-electron chi connectivity index (χ2n) is 2.12. The summed E-state index contributed by atoms with van der Waals surface area (Å²) in [5, 5.41) is 0.370. The number of nitrogens with zero attached hydrogens (tertiary/aromatic N) is 1. The number of halogens is 1. The van der Waals surface area contributed by atoms with Gasteiger partial charge in [-0.15, -0.1) is 0 Å². The van der Waals surface area contributed by atoms with E-state index in [0.717, 1.165) is 0 Å². The molecule has 0 spiro atoms. The maximum Gasteiger partial charge on any atom is 0.178 e. The quantitative estimate of drug-likeness (QED) is 0.651. The van der Waals surface area contributed by atoms with Gasteiger partial charge in [-0.3, -0.25) is 4.79 Å². The molecule has 0 aromatic carbocycles. The Balaban J connectivity index is 3.15. The Hall–Kier alpha value is -1.09. The highest BCUT2D eigenvalue weighted by atomic mass is 35.5. The maximum absolute atomic E-state index is 10.7. The topological polar surface area (TPSA) is 56.0 Å². The molecular weight excluding hydrogens is 164 g/mol. The molecule has 1 aromatic heterocycles. The highest BCUT2D eigenvalue weighted by Gasteiger charge is 2.02. The molecule has 0 bridgehead atoms. The van der Waals surface area contributed by atoms with Crippen molar-refractivity contribution in [2.24, 2.45) is 0 Å². The van der Waals surface area contributed by atoms with Gasteiger partial charge in [0.25, 0.3) is 0 Å². The summed E-state index contributed by atoms with van der Waals surface area (Å²) < 4.78 is 0. The second-order valence-corrected chi connectivity index (χ2v) is 2.53. The summed E-state index contributed by atoms with van der Waals surface area (Å²) in [7, 11) is 0. The van der Waals surface area contributed by atoms with E-state index in [1.54, 1.807) is 12.1 Å². The number of carbonyl (C=O) groups excluding carboxylic acids is 1. The van der Waals surface area contributed by atoms with E-state index in [-0.39, 0.29) is 11.6 Å². The van der Waals surface area contributed by atoms with Crippen LogP contribution < -0.4 is 5.73 Å². The van der Waals surface area contributed by atoms with Gasteiger partial charge in [-0.2, -0.15) is 0 Å². The van der Waals surface area contributed by atoms with Crippen molar-refractivity contribution < 1.29 is 4.79 Å². The number of Topliss-reactive ketones (excluding diaryl/α,β-unsaturated/α-hetero) is 1. The van der Waals surface area contributed by atoms with Crippen LogP contribution in [-0.2, 0) is 0 Å². The lowest BCUT2D eigenvalue weighted by molar-refractivity contribution is 0.101. The van der Waals surface area contributed by atoms with Crippen LogP contribution in [0.15, 0.2) is 12.1 Å². The van der Waals surface area contributed by atoms with Crippen LogP contribution in [0.1, 0.15) is 17.4 Å². The molecule has 58 valence electrons. The standard InChI is InChI=1S/C7H7ClN2O/c1-4(11)6-3-2-5(8)7(9)10-6/h2-3H,1H3,(H2,9,10). The summed E-state index contributed by atoms with van der Waals surface area (Å²) >= 11 is 5.59. The minimum absolute atomic E-state index is 0.117. The third kappa shape index (κ3) is 1.68. The summed E-state index contributed by atoms with van der Waals surface area (Å²) in [6.45, 7) is 1.43. The Morgan fingerprint density at radius 3 is 2.73 bits per heavy atom. The van der Waals surface area contributed by atoms with Crippen LogP contribution in [0.4, 0.5) is 5.82 Å². The minimum Gasteiger partial charge on any atom is -0.382 e. The average molecular weight is 171 g/mol. The van der Waals surface area contributed by atoms with Gasteiger partial charge in [0, 0.05) is 6.92 Å². The normalized spacial score (nSPS) is 9.64. The predicted molar refractivity (Wildman–Crippen MR) is 43.7 cm³/mol. The van der Waals surface area contributed by atoms with Crippen LogP contribution in [0.5, 0.6) is 0 Å². The fourth-order valence-electron chi connectivity index (χ4n) is 0.654. The molecular formula is C7H7ClN2O. The highest BCUT2D eigenvalue weighted by molar-refractivity contribution is 6.32. The van der Waals surface area contributed by atoms with Gasteiger partial charge in [0.2, 0.25) is 0 Å². The predicted octanol–water partition coefficient (Wildman–Crippen LogP) is 1.52. The monoisotopic (exact) mass is 170 g/mol. The Kier molecular flexibility index (Phi) is 2.10. The van der Waals surface area contributed by atoms with Crippen molar-refractivity contribution in [3.05, 3.63) is 22.8 Å². The van der Waals surface area contributed by atoms with Gasteiger partial charge >= 0.3 is 0 Å². The van der Waals surface area contributed by atoms with Crippen LogP contribution in [0, 0.1) is 0 Å². The smallest absolute Gasteiger partial charge is 0.178 e. The molecule has 1 rings (SSSR count). The van der Waals surface area contributed by atoms with E-state index in [0.29, 0.717) is 10.7 Å². The third-order valence-corrected chi connectivity index (χ3v) is 1.55. The minimum atomic E-state index is -0.117. The van der Waals surface area contributed by atoms with Crippen LogP contribution in [0.2, 0.25) is 5.02 Å². The van der Waals surface area contributed by atoms with Crippen LogP contribution in [0.25, 0.3) is 0 Å². The number of nitrogen functional groups attached to an aromatic ring is 1. The lowest BCUT2D eigenvalue weighted by atomic mass is 10.3. The number of aromatic nitrogens is 1. The first-order valence-electron chi connectivity index (χ1n) is 3.04. The zero-order valence-corrected chi connectivity index (χ0v) is 6.72. The Morgan fingerprint density at radius 1 is 1.64 bits per heavy atom. The van der Waals surface area contributed by atoms with Gasteiger partial charge in [0.15, 0.2) is 5.78 Å². The average Bonchev–Trinajstić information content (AvgIpc) is 1.94. The summed E-state index contributed by atoms with van der Waals surface area (Å²) in [6.07, 6.45) is 0. The van der Waals surface area contributed by atoms with Gasteiger partial charge < -0.3 is 5.73 Å². The first-order valence-corrected chi connectivity index (χ1v) is 3.42. The van der Waals surface area contributed by atoms with Gasteiger partial charge in [0.1, 0.15) is 11.5 Å². The molecule has 2 N–H and O–H groups in total. The highest BCUT2D eigenvalue weighted by Crippen LogP contribution is 2.15. The van der Waals surface area contributed by atoms with E-state index in [4.69, 9.17) is 17.3 Å². The number of hydrogen-bond acceptors (Lipinski definition) is 3. The van der Waals surface area contributed by atoms with Gasteiger partial charge in [-0.1, -0.05) is 11.6 Å². The van der Waals surface area contributed by atoms with Gasteiger partial charge in [0.05, 0.1) is 5.02 Å². The summed E-state index contributed by atoms with van der Waals surface area (Å²) in [5.74, 6) is 0.0766. The number of nitrogens with two attached hydrogens (primary N) is 1. The van der Waals surface area contributed by atoms with Crippen LogP contribution in [0.3, 0.4) is 0 Å². The lowest BCUT2D eigenvalue weighted by Gasteiger charge is -1.97. The Bertz CT molecular complexity index is 298. The molecule has 0 aliphatic heterocycles. The van der Waals surface area contributed by atoms with Crippen molar-refractivity contribution in [1.29, 1.82) is 0 Å².